The molecule has 0 spiro atoms. The lowest BCUT2D eigenvalue weighted by atomic mass is 10.1. The molecule has 0 bridgehead atoms. The van der Waals surface area contributed by atoms with Crippen LogP contribution in [0.15, 0.2) is 47.9 Å². The summed E-state index contributed by atoms with van der Waals surface area (Å²) in [5.74, 6) is 2.92. The highest BCUT2D eigenvalue weighted by Crippen LogP contribution is 2.40. The largest absolute Gasteiger partial charge is 0.493 e. The van der Waals surface area contributed by atoms with Crippen LogP contribution in [0.3, 0.4) is 0 Å². The molecule has 0 amide bonds. The van der Waals surface area contributed by atoms with Crippen molar-refractivity contribution in [1.82, 2.24) is 9.97 Å². The maximum absolute atomic E-state index is 9.17. The minimum absolute atomic E-state index is 0.317. The number of methoxy groups -OCH3 is 3. The van der Waals surface area contributed by atoms with Crippen LogP contribution in [-0.4, -0.2) is 42.2 Å². The Kier molecular flexibility index (Phi) is 5.74. The fourth-order valence-electron chi connectivity index (χ4n) is 3.48. The van der Waals surface area contributed by atoms with E-state index in [1.165, 1.54) is 6.20 Å². The molecule has 3 aromatic rings. The molecule has 0 aliphatic heterocycles. The average molecular weight is 422 g/mol. The van der Waals surface area contributed by atoms with Crippen LogP contribution in [0.2, 0.25) is 0 Å². The third-order valence-corrected chi connectivity index (χ3v) is 4.92. The number of fused-ring (bicyclic) bond motifs is 1. The molecule has 31 heavy (non-hydrogen) atoms. The van der Waals surface area contributed by atoms with E-state index in [2.05, 4.69) is 20.4 Å². The van der Waals surface area contributed by atoms with E-state index in [-0.39, 0.29) is 0 Å². The number of aromatic nitrogens is 2. The van der Waals surface area contributed by atoms with Gasteiger partial charge in [0.15, 0.2) is 17.3 Å². The molecule has 9 nitrogen and oxygen atoms in total. The Balaban J connectivity index is 1.56. The van der Waals surface area contributed by atoms with Gasteiger partial charge in [-0.15, -0.1) is 0 Å². The summed E-state index contributed by atoms with van der Waals surface area (Å²) in [7, 11) is 4.66. The first kappa shape index (κ1) is 20.3. The second kappa shape index (κ2) is 8.78. The number of ether oxygens (including phenoxy) is 4. The molecule has 0 atom stereocenters. The van der Waals surface area contributed by atoms with Gasteiger partial charge < -0.3 is 29.5 Å². The lowest BCUT2D eigenvalue weighted by Crippen LogP contribution is -2.00. The van der Waals surface area contributed by atoms with Gasteiger partial charge in [-0.1, -0.05) is 11.2 Å². The van der Waals surface area contributed by atoms with Gasteiger partial charge in [0.25, 0.3) is 0 Å². The van der Waals surface area contributed by atoms with Crippen molar-refractivity contribution in [2.45, 2.75) is 12.8 Å². The second-order valence-corrected chi connectivity index (χ2v) is 6.75. The molecule has 2 N–H and O–H groups in total. The molecule has 0 saturated heterocycles. The molecule has 1 heterocycles. The Labute approximate surface area is 179 Å². The highest BCUT2D eigenvalue weighted by Gasteiger charge is 2.19. The van der Waals surface area contributed by atoms with Gasteiger partial charge in [0.05, 0.1) is 39.4 Å². The van der Waals surface area contributed by atoms with Crippen LogP contribution in [0.1, 0.15) is 17.5 Å². The van der Waals surface area contributed by atoms with Gasteiger partial charge in [0.2, 0.25) is 11.6 Å². The van der Waals surface area contributed by atoms with Gasteiger partial charge in [-0.3, -0.25) is 4.98 Å². The van der Waals surface area contributed by atoms with Crippen molar-refractivity contribution in [2.24, 2.45) is 5.16 Å². The molecule has 2 aromatic carbocycles. The van der Waals surface area contributed by atoms with Crippen molar-refractivity contribution < 1.29 is 24.2 Å². The summed E-state index contributed by atoms with van der Waals surface area (Å²) in [6.45, 7) is 0. The van der Waals surface area contributed by atoms with Gasteiger partial charge in [-0.05, 0) is 30.5 Å². The summed E-state index contributed by atoms with van der Waals surface area (Å²) in [6, 6.07) is 9.21. The van der Waals surface area contributed by atoms with Crippen LogP contribution in [0.25, 0.3) is 0 Å². The molecule has 0 saturated carbocycles. The van der Waals surface area contributed by atoms with Crippen LogP contribution >= 0.6 is 0 Å². The summed E-state index contributed by atoms with van der Waals surface area (Å²) in [4.78, 5) is 8.66. The maximum Gasteiger partial charge on any atom is 0.239 e. The zero-order chi connectivity index (χ0) is 21.8. The Morgan fingerprint density at radius 2 is 1.74 bits per heavy atom. The number of oxime groups is 1. The summed E-state index contributed by atoms with van der Waals surface area (Å²) in [6.07, 6.45) is 4.66. The predicted octanol–water partition coefficient (Wildman–Crippen LogP) is 4.16. The molecule has 0 radical (unpaired) electrons. The SMILES string of the molecule is COc1cc(Nc2cncc(Oc3ccc4c(c3)/C(=N/O)CC4)n2)cc(OC)c1OC. The number of aryl methyl sites for hydroxylation is 1. The number of benzene rings is 2. The first-order chi connectivity index (χ1) is 15.1. The van der Waals surface area contributed by atoms with Crippen molar-refractivity contribution in [1.29, 1.82) is 0 Å². The van der Waals surface area contributed by atoms with Crippen LogP contribution in [0.4, 0.5) is 11.5 Å². The monoisotopic (exact) mass is 422 g/mol. The topological polar surface area (TPSA) is 107 Å². The molecule has 1 aliphatic carbocycles. The van der Waals surface area contributed by atoms with Gasteiger partial charge in [0.1, 0.15) is 5.75 Å². The molecule has 0 unspecified atom stereocenters. The molecule has 160 valence electrons. The Morgan fingerprint density at radius 1 is 0.968 bits per heavy atom. The fraction of sp³-hybridized carbons (Fsp3) is 0.227. The van der Waals surface area contributed by atoms with Crippen LogP contribution in [-0.2, 0) is 6.42 Å². The number of nitrogens with zero attached hydrogens (tertiary/aromatic N) is 3. The van der Waals surface area contributed by atoms with Gasteiger partial charge >= 0.3 is 0 Å². The minimum atomic E-state index is 0.317. The number of rotatable bonds is 7. The number of hydrogen-bond donors (Lipinski definition) is 2. The number of hydrogen-bond acceptors (Lipinski definition) is 9. The third kappa shape index (κ3) is 4.16. The predicted molar refractivity (Wildman–Crippen MR) is 115 cm³/mol. The van der Waals surface area contributed by atoms with Crippen molar-refractivity contribution in [3.63, 3.8) is 0 Å². The second-order valence-electron chi connectivity index (χ2n) is 6.75. The fourth-order valence-corrected chi connectivity index (χ4v) is 3.48. The van der Waals surface area contributed by atoms with Gasteiger partial charge in [0, 0.05) is 23.4 Å². The molecule has 0 fully saturated rings. The maximum atomic E-state index is 9.17. The van der Waals surface area contributed by atoms with Crippen LogP contribution in [0, 0.1) is 0 Å². The highest BCUT2D eigenvalue weighted by atomic mass is 16.5. The molecule has 9 heteroatoms. The van der Waals surface area contributed by atoms with E-state index >= 15 is 0 Å². The Morgan fingerprint density at radius 3 is 2.42 bits per heavy atom. The first-order valence-electron chi connectivity index (χ1n) is 9.56. The van der Waals surface area contributed by atoms with E-state index in [0.29, 0.717) is 52.5 Å². The number of anilines is 2. The Hall–Kier alpha value is -4.01. The standard InChI is InChI=1S/C22H22N4O5/c1-28-18-8-14(9-19(29-2)22(18)30-3)24-20-11-23-12-21(25-20)31-15-6-4-13-5-7-17(26-27)16(13)10-15/h4,6,8-12,27H,5,7H2,1-3H3,(H,24,25)/b26-17+. The lowest BCUT2D eigenvalue weighted by molar-refractivity contribution is 0.318. The van der Waals surface area contributed by atoms with E-state index in [0.717, 1.165) is 17.5 Å². The van der Waals surface area contributed by atoms with Crippen molar-refractivity contribution >= 4 is 17.2 Å². The van der Waals surface area contributed by atoms with Gasteiger partial charge in [-0.2, -0.15) is 4.98 Å². The molecule has 1 aliphatic rings. The zero-order valence-electron chi connectivity index (χ0n) is 17.4. The van der Waals surface area contributed by atoms with E-state index in [1.54, 1.807) is 39.7 Å². The van der Waals surface area contributed by atoms with E-state index in [1.807, 2.05) is 18.2 Å². The van der Waals surface area contributed by atoms with E-state index in [9.17, 15) is 0 Å². The van der Waals surface area contributed by atoms with Crippen LogP contribution in [0.5, 0.6) is 28.9 Å². The minimum Gasteiger partial charge on any atom is -0.493 e. The van der Waals surface area contributed by atoms with Crippen molar-refractivity contribution in [3.05, 3.63) is 53.9 Å². The average Bonchev–Trinajstić information content (AvgIpc) is 3.21. The van der Waals surface area contributed by atoms with E-state index < -0.39 is 0 Å². The number of nitrogens with one attached hydrogen (secondary N) is 1. The van der Waals surface area contributed by atoms with Gasteiger partial charge in [-0.25, -0.2) is 0 Å². The lowest BCUT2D eigenvalue weighted by Gasteiger charge is -2.15. The normalized spacial score (nSPS) is 13.6. The first-order valence-corrected chi connectivity index (χ1v) is 9.56. The third-order valence-electron chi connectivity index (χ3n) is 4.92. The molecular formula is C22H22N4O5. The summed E-state index contributed by atoms with van der Waals surface area (Å²) in [5, 5.41) is 15.7. The van der Waals surface area contributed by atoms with E-state index in [4.69, 9.17) is 24.2 Å². The molecule has 1 aromatic heterocycles. The summed E-state index contributed by atoms with van der Waals surface area (Å²) >= 11 is 0. The zero-order valence-corrected chi connectivity index (χ0v) is 17.4. The Bertz CT molecular complexity index is 1110. The quantitative estimate of drug-likeness (QED) is 0.432. The smallest absolute Gasteiger partial charge is 0.239 e. The van der Waals surface area contributed by atoms with Crippen LogP contribution < -0.4 is 24.3 Å². The summed E-state index contributed by atoms with van der Waals surface area (Å²) in [5.41, 5.74) is 3.36. The highest BCUT2D eigenvalue weighted by molar-refractivity contribution is 6.04. The molecular weight excluding hydrogens is 400 g/mol. The summed E-state index contributed by atoms with van der Waals surface area (Å²) < 4.78 is 22.0. The van der Waals surface area contributed by atoms with Crippen molar-refractivity contribution in [2.75, 3.05) is 26.6 Å². The van der Waals surface area contributed by atoms with Crippen molar-refractivity contribution in [3.8, 4) is 28.9 Å². The molecule has 4 rings (SSSR count).